The number of nitrogens with two attached hydrogens (primary N) is 1. The summed E-state index contributed by atoms with van der Waals surface area (Å²) >= 11 is 0. The summed E-state index contributed by atoms with van der Waals surface area (Å²) < 4.78 is 5.27. The Labute approximate surface area is 125 Å². The molecule has 1 unspecified atom stereocenters. The van der Waals surface area contributed by atoms with Gasteiger partial charge in [0.15, 0.2) is 5.76 Å². The molecule has 0 radical (unpaired) electrons. The third-order valence-electron chi connectivity index (χ3n) is 3.48. The van der Waals surface area contributed by atoms with E-state index in [4.69, 9.17) is 10.2 Å². The van der Waals surface area contributed by atoms with Crippen molar-refractivity contribution in [3.63, 3.8) is 0 Å². The molecule has 2 aromatic rings. The van der Waals surface area contributed by atoms with Crippen LogP contribution in [-0.4, -0.2) is 12.5 Å². The van der Waals surface area contributed by atoms with Gasteiger partial charge < -0.3 is 15.5 Å². The number of furan rings is 1. The Morgan fingerprint density at radius 3 is 2.29 bits per heavy atom. The Morgan fingerprint density at radius 1 is 1.14 bits per heavy atom. The highest BCUT2D eigenvalue weighted by Gasteiger charge is 2.12. The molecule has 21 heavy (non-hydrogen) atoms. The predicted octanol–water partition coefficient (Wildman–Crippen LogP) is 3.14. The SMILES string of the molecule is Cc1ccc(C(=O)NCC(N)c2ccc(C(C)C)cc2)o1. The van der Waals surface area contributed by atoms with Gasteiger partial charge in [0, 0.05) is 12.6 Å². The molecule has 4 heteroatoms. The molecular formula is C17H22N2O2. The second kappa shape index (κ2) is 6.59. The van der Waals surface area contributed by atoms with Crippen LogP contribution in [0.15, 0.2) is 40.8 Å². The van der Waals surface area contributed by atoms with Crippen LogP contribution in [0.4, 0.5) is 0 Å². The Bertz CT molecular complexity index is 600. The molecule has 1 atom stereocenters. The van der Waals surface area contributed by atoms with Crippen molar-refractivity contribution in [2.24, 2.45) is 5.73 Å². The van der Waals surface area contributed by atoms with Crippen LogP contribution in [0.2, 0.25) is 0 Å². The Kier molecular flexibility index (Phi) is 4.81. The first kappa shape index (κ1) is 15.3. The van der Waals surface area contributed by atoms with Crippen molar-refractivity contribution < 1.29 is 9.21 Å². The van der Waals surface area contributed by atoms with Crippen molar-refractivity contribution in [2.45, 2.75) is 32.7 Å². The van der Waals surface area contributed by atoms with Gasteiger partial charge in [0.25, 0.3) is 5.91 Å². The van der Waals surface area contributed by atoms with E-state index in [0.29, 0.717) is 24.0 Å². The molecular weight excluding hydrogens is 264 g/mol. The first-order valence-corrected chi connectivity index (χ1v) is 7.17. The van der Waals surface area contributed by atoms with Crippen LogP contribution in [0, 0.1) is 6.92 Å². The van der Waals surface area contributed by atoms with E-state index in [2.05, 4.69) is 31.3 Å². The lowest BCUT2D eigenvalue weighted by Crippen LogP contribution is -2.31. The molecule has 1 aromatic carbocycles. The normalized spacial score (nSPS) is 12.4. The van der Waals surface area contributed by atoms with Crippen LogP contribution in [0.25, 0.3) is 0 Å². The van der Waals surface area contributed by atoms with Crippen LogP contribution in [-0.2, 0) is 0 Å². The number of rotatable bonds is 5. The van der Waals surface area contributed by atoms with Crippen molar-refractivity contribution in [1.82, 2.24) is 5.32 Å². The van der Waals surface area contributed by atoms with Gasteiger partial charge in [-0.3, -0.25) is 4.79 Å². The number of amides is 1. The highest BCUT2D eigenvalue weighted by atomic mass is 16.3. The topological polar surface area (TPSA) is 68.3 Å². The molecule has 0 aliphatic heterocycles. The fraction of sp³-hybridized carbons (Fsp3) is 0.353. The summed E-state index contributed by atoms with van der Waals surface area (Å²) in [5.74, 6) is 1.29. The van der Waals surface area contributed by atoms with E-state index in [1.54, 1.807) is 19.1 Å². The maximum Gasteiger partial charge on any atom is 0.287 e. The summed E-state index contributed by atoms with van der Waals surface area (Å²) in [4.78, 5) is 11.9. The van der Waals surface area contributed by atoms with Crippen LogP contribution >= 0.6 is 0 Å². The standard InChI is InChI=1S/C17H22N2O2/c1-11(2)13-5-7-14(8-6-13)15(18)10-19-17(20)16-9-4-12(3)21-16/h4-9,11,15H,10,18H2,1-3H3,(H,19,20). The number of benzene rings is 1. The lowest BCUT2D eigenvalue weighted by molar-refractivity contribution is 0.0922. The van der Waals surface area contributed by atoms with Crippen molar-refractivity contribution in [3.05, 3.63) is 59.0 Å². The number of carbonyl (C=O) groups is 1. The number of aryl methyl sites for hydroxylation is 1. The molecule has 0 aliphatic rings. The van der Waals surface area contributed by atoms with Gasteiger partial charge in [-0.25, -0.2) is 0 Å². The first-order valence-electron chi connectivity index (χ1n) is 7.17. The summed E-state index contributed by atoms with van der Waals surface area (Å²) in [5.41, 5.74) is 8.40. The predicted molar refractivity (Wildman–Crippen MR) is 83.2 cm³/mol. The van der Waals surface area contributed by atoms with E-state index < -0.39 is 0 Å². The Balaban J connectivity index is 1.92. The first-order chi connectivity index (χ1) is 9.97. The number of hydrogen-bond acceptors (Lipinski definition) is 3. The van der Waals surface area contributed by atoms with Gasteiger partial charge in [-0.2, -0.15) is 0 Å². The smallest absolute Gasteiger partial charge is 0.287 e. The van der Waals surface area contributed by atoms with Gasteiger partial charge in [-0.05, 0) is 36.1 Å². The quantitative estimate of drug-likeness (QED) is 0.887. The number of nitrogens with one attached hydrogen (secondary N) is 1. The van der Waals surface area contributed by atoms with Gasteiger partial charge >= 0.3 is 0 Å². The van der Waals surface area contributed by atoms with Gasteiger partial charge in [0.05, 0.1) is 0 Å². The van der Waals surface area contributed by atoms with Crippen LogP contribution < -0.4 is 11.1 Å². The maximum atomic E-state index is 11.9. The monoisotopic (exact) mass is 286 g/mol. The van der Waals surface area contributed by atoms with Crippen molar-refractivity contribution in [3.8, 4) is 0 Å². The number of hydrogen-bond donors (Lipinski definition) is 2. The lowest BCUT2D eigenvalue weighted by atomic mass is 9.99. The summed E-state index contributed by atoms with van der Waals surface area (Å²) in [6.07, 6.45) is 0. The summed E-state index contributed by atoms with van der Waals surface area (Å²) in [6.45, 7) is 6.49. The molecule has 3 N–H and O–H groups in total. The van der Waals surface area contributed by atoms with E-state index in [1.807, 2.05) is 12.1 Å². The van der Waals surface area contributed by atoms with Crippen molar-refractivity contribution in [2.75, 3.05) is 6.54 Å². The molecule has 0 saturated heterocycles. The highest BCUT2D eigenvalue weighted by Crippen LogP contribution is 2.17. The minimum atomic E-state index is -0.239. The van der Waals surface area contributed by atoms with Gasteiger partial charge in [0.1, 0.15) is 5.76 Å². The third-order valence-corrected chi connectivity index (χ3v) is 3.48. The zero-order valence-electron chi connectivity index (χ0n) is 12.7. The maximum absolute atomic E-state index is 11.9. The average Bonchev–Trinajstić information content (AvgIpc) is 2.91. The Morgan fingerprint density at radius 2 is 1.76 bits per heavy atom. The van der Waals surface area contributed by atoms with E-state index in [9.17, 15) is 4.79 Å². The van der Waals surface area contributed by atoms with E-state index in [-0.39, 0.29) is 11.9 Å². The van der Waals surface area contributed by atoms with E-state index in [0.717, 1.165) is 5.56 Å². The van der Waals surface area contributed by atoms with Gasteiger partial charge in [-0.15, -0.1) is 0 Å². The minimum absolute atomic E-state index is 0.230. The van der Waals surface area contributed by atoms with Crippen molar-refractivity contribution >= 4 is 5.91 Å². The highest BCUT2D eigenvalue weighted by molar-refractivity contribution is 5.91. The van der Waals surface area contributed by atoms with Crippen LogP contribution in [0.5, 0.6) is 0 Å². The van der Waals surface area contributed by atoms with Crippen LogP contribution in [0.1, 0.15) is 53.2 Å². The molecule has 4 nitrogen and oxygen atoms in total. The zero-order valence-corrected chi connectivity index (χ0v) is 12.7. The third kappa shape index (κ3) is 3.95. The molecule has 0 bridgehead atoms. The Hall–Kier alpha value is -2.07. The molecule has 1 amide bonds. The fourth-order valence-corrected chi connectivity index (χ4v) is 2.09. The average molecular weight is 286 g/mol. The van der Waals surface area contributed by atoms with E-state index >= 15 is 0 Å². The molecule has 112 valence electrons. The molecule has 0 spiro atoms. The van der Waals surface area contributed by atoms with Gasteiger partial charge in [0.2, 0.25) is 0 Å². The number of carbonyl (C=O) groups excluding carboxylic acids is 1. The second-order valence-electron chi connectivity index (χ2n) is 5.55. The molecule has 2 rings (SSSR count). The summed E-state index contributed by atoms with van der Waals surface area (Å²) in [7, 11) is 0. The van der Waals surface area contributed by atoms with Crippen molar-refractivity contribution in [1.29, 1.82) is 0 Å². The molecule has 0 fully saturated rings. The second-order valence-corrected chi connectivity index (χ2v) is 5.55. The minimum Gasteiger partial charge on any atom is -0.456 e. The van der Waals surface area contributed by atoms with E-state index in [1.165, 1.54) is 5.56 Å². The molecule has 0 saturated carbocycles. The fourth-order valence-electron chi connectivity index (χ4n) is 2.09. The lowest BCUT2D eigenvalue weighted by Gasteiger charge is -2.14. The summed E-state index contributed by atoms with van der Waals surface area (Å²) in [5, 5.41) is 2.79. The van der Waals surface area contributed by atoms with Gasteiger partial charge in [-0.1, -0.05) is 38.1 Å². The summed E-state index contributed by atoms with van der Waals surface area (Å²) in [6, 6.07) is 11.4. The van der Waals surface area contributed by atoms with Crippen LogP contribution in [0.3, 0.4) is 0 Å². The molecule has 1 heterocycles. The molecule has 1 aromatic heterocycles. The largest absolute Gasteiger partial charge is 0.456 e. The molecule has 0 aliphatic carbocycles. The zero-order chi connectivity index (χ0) is 15.4.